The topological polar surface area (TPSA) is 55.6 Å². The molecule has 1 amide bonds. The summed E-state index contributed by atoms with van der Waals surface area (Å²) >= 11 is 5.92. The zero-order valence-electron chi connectivity index (χ0n) is 12.7. The van der Waals surface area contributed by atoms with Crippen LogP contribution in [0, 0.1) is 5.92 Å². The molecule has 0 bridgehead atoms. The summed E-state index contributed by atoms with van der Waals surface area (Å²) in [6, 6.07) is 7.84. The molecule has 1 saturated carbocycles. The van der Waals surface area contributed by atoms with E-state index in [4.69, 9.17) is 22.1 Å². The van der Waals surface area contributed by atoms with E-state index in [0.29, 0.717) is 37.1 Å². The third kappa shape index (κ3) is 3.62. The number of amides is 1. The van der Waals surface area contributed by atoms with E-state index in [0.717, 1.165) is 24.8 Å². The van der Waals surface area contributed by atoms with Crippen LogP contribution in [-0.2, 0) is 9.53 Å². The van der Waals surface area contributed by atoms with Crippen LogP contribution in [0.4, 0.5) is 0 Å². The summed E-state index contributed by atoms with van der Waals surface area (Å²) in [7, 11) is 0. The number of morpholine rings is 1. The van der Waals surface area contributed by atoms with Gasteiger partial charge in [-0.3, -0.25) is 4.79 Å². The number of nitrogens with zero attached hydrogens (tertiary/aromatic N) is 1. The maximum atomic E-state index is 12.5. The smallest absolute Gasteiger partial charge is 0.223 e. The molecule has 5 heteroatoms. The molecule has 3 atom stereocenters. The molecule has 2 aliphatic rings. The SMILES string of the molecule is N[C@@H]1CCC[C@H]1CC(=O)N1CCOC(c2ccc(Cl)cc2)C1. The van der Waals surface area contributed by atoms with Crippen molar-refractivity contribution in [2.45, 2.75) is 37.8 Å². The first-order valence-corrected chi connectivity index (χ1v) is 8.41. The molecule has 1 aromatic rings. The van der Waals surface area contributed by atoms with Crippen LogP contribution in [0.15, 0.2) is 24.3 Å². The van der Waals surface area contributed by atoms with Crippen molar-refractivity contribution in [2.24, 2.45) is 11.7 Å². The lowest BCUT2D eigenvalue weighted by atomic mass is 9.99. The Morgan fingerprint density at radius 2 is 2.09 bits per heavy atom. The largest absolute Gasteiger partial charge is 0.370 e. The molecule has 1 heterocycles. The van der Waals surface area contributed by atoms with Gasteiger partial charge in [-0.25, -0.2) is 0 Å². The number of hydrogen-bond donors (Lipinski definition) is 1. The van der Waals surface area contributed by atoms with Crippen LogP contribution in [0.2, 0.25) is 5.02 Å². The standard InChI is InChI=1S/C17H23ClN2O2/c18-14-6-4-12(5-7-14)16-11-20(8-9-22-16)17(21)10-13-2-1-3-15(13)19/h4-7,13,15-16H,1-3,8-11,19H2/t13-,15+,16?/m0/s1. The summed E-state index contributed by atoms with van der Waals surface area (Å²) in [5.41, 5.74) is 7.15. The van der Waals surface area contributed by atoms with Crippen LogP contribution in [0.25, 0.3) is 0 Å². The van der Waals surface area contributed by atoms with E-state index >= 15 is 0 Å². The molecule has 0 spiro atoms. The summed E-state index contributed by atoms with van der Waals surface area (Å²) < 4.78 is 5.81. The predicted octanol–water partition coefficient (Wildman–Crippen LogP) is 2.76. The van der Waals surface area contributed by atoms with Gasteiger partial charge in [-0.1, -0.05) is 30.2 Å². The summed E-state index contributed by atoms with van der Waals surface area (Å²) in [5.74, 6) is 0.564. The molecule has 4 nitrogen and oxygen atoms in total. The van der Waals surface area contributed by atoms with Crippen molar-refractivity contribution in [3.05, 3.63) is 34.9 Å². The zero-order valence-corrected chi connectivity index (χ0v) is 13.5. The van der Waals surface area contributed by atoms with Crippen molar-refractivity contribution in [3.63, 3.8) is 0 Å². The highest BCUT2D eigenvalue weighted by Gasteiger charge is 2.30. The minimum Gasteiger partial charge on any atom is -0.370 e. The third-order valence-corrected chi connectivity index (χ3v) is 5.07. The van der Waals surface area contributed by atoms with Gasteiger partial charge < -0.3 is 15.4 Å². The first-order chi connectivity index (χ1) is 10.6. The van der Waals surface area contributed by atoms with Gasteiger partial charge in [-0.05, 0) is 36.5 Å². The molecule has 1 aromatic carbocycles. The maximum Gasteiger partial charge on any atom is 0.223 e. The summed E-state index contributed by atoms with van der Waals surface area (Å²) in [5, 5.41) is 0.711. The average molecular weight is 323 g/mol. The number of nitrogens with two attached hydrogens (primary N) is 1. The van der Waals surface area contributed by atoms with Crippen molar-refractivity contribution < 1.29 is 9.53 Å². The molecule has 0 radical (unpaired) electrons. The summed E-state index contributed by atoms with van der Waals surface area (Å²) in [6.45, 7) is 1.86. The number of benzene rings is 1. The molecule has 0 aromatic heterocycles. The average Bonchev–Trinajstić information content (AvgIpc) is 2.93. The van der Waals surface area contributed by atoms with E-state index in [-0.39, 0.29) is 18.1 Å². The van der Waals surface area contributed by atoms with E-state index in [1.54, 1.807) is 0 Å². The Labute approximate surface area is 136 Å². The normalized spacial score (nSPS) is 28.8. The Bertz CT molecular complexity index is 520. The zero-order chi connectivity index (χ0) is 15.5. The Hall–Kier alpha value is -1.10. The fourth-order valence-corrected chi connectivity index (χ4v) is 3.55. The Balaban J connectivity index is 1.60. The molecular formula is C17H23ClN2O2. The number of carbonyl (C=O) groups is 1. The van der Waals surface area contributed by atoms with E-state index in [1.807, 2.05) is 29.2 Å². The highest BCUT2D eigenvalue weighted by Crippen LogP contribution is 2.29. The highest BCUT2D eigenvalue weighted by molar-refractivity contribution is 6.30. The number of halogens is 1. The lowest BCUT2D eigenvalue weighted by Gasteiger charge is -2.34. The first-order valence-electron chi connectivity index (χ1n) is 8.04. The van der Waals surface area contributed by atoms with Gasteiger partial charge in [0.25, 0.3) is 0 Å². The van der Waals surface area contributed by atoms with Crippen LogP contribution in [0.3, 0.4) is 0 Å². The van der Waals surface area contributed by atoms with Gasteiger partial charge in [0.1, 0.15) is 6.10 Å². The second-order valence-corrected chi connectivity index (χ2v) is 6.75. The minimum absolute atomic E-state index is 0.0628. The van der Waals surface area contributed by atoms with Crippen molar-refractivity contribution in [1.29, 1.82) is 0 Å². The molecule has 1 saturated heterocycles. The lowest BCUT2D eigenvalue weighted by molar-refractivity contribution is -0.140. The first kappa shape index (κ1) is 15.8. The van der Waals surface area contributed by atoms with Crippen LogP contribution >= 0.6 is 11.6 Å². The van der Waals surface area contributed by atoms with Gasteiger partial charge in [0.2, 0.25) is 5.91 Å². The molecular weight excluding hydrogens is 300 g/mol. The predicted molar refractivity (Wildman–Crippen MR) is 86.7 cm³/mol. The van der Waals surface area contributed by atoms with Crippen LogP contribution < -0.4 is 5.73 Å². The number of hydrogen-bond acceptors (Lipinski definition) is 3. The van der Waals surface area contributed by atoms with E-state index in [2.05, 4.69) is 0 Å². The molecule has 1 unspecified atom stereocenters. The highest BCUT2D eigenvalue weighted by atomic mass is 35.5. The molecule has 120 valence electrons. The monoisotopic (exact) mass is 322 g/mol. The van der Waals surface area contributed by atoms with Gasteiger partial charge in [0.15, 0.2) is 0 Å². The van der Waals surface area contributed by atoms with Crippen LogP contribution in [0.5, 0.6) is 0 Å². The fraction of sp³-hybridized carbons (Fsp3) is 0.588. The van der Waals surface area contributed by atoms with Crippen LogP contribution in [0.1, 0.15) is 37.4 Å². The van der Waals surface area contributed by atoms with E-state index < -0.39 is 0 Å². The number of carbonyl (C=O) groups excluding carboxylic acids is 1. The molecule has 1 aliphatic heterocycles. The summed E-state index contributed by atoms with van der Waals surface area (Å²) in [6.07, 6.45) is 3.79. The quantitative estimate of drug-likeness (QED) is 0.931. The van der Waals surface area contributed by atoms with E-state index in [9.17, 15) is 4.79 Å². The molecule has 1 aliphatic carbocycles. The van der Waals surface area contributed by atoms with Crippen molar-refractivity contribution in [3.8, 4) is 0 Å². The van der Waals surface area contributed by atoms with Gasteiger partial charge in [-0.15, -0.1) is 0 Å². The Morgan fingerprint density at radius 3 is 2.77 bits per heavy atom. The van der Waals surface area contributed by atoms with E-state index in [1.165, 1.54) is 0 Å². The van der Waals surface area contributed by atoms with Crippen molar-refractivity contribution >= 4 is 17.5 Å². The van der Waals surface area contributed by atoms with Crippen molar-refractivity contribution in [1.82, 2.24) is 4.90 Å². The lowest BCUT2D eigenvalue weighted by Crippen LogP contribution is -2.43. The molecule has 2 fully saturated rings. The van der Waals surface area contributed by atoms with Crippen molar-refractivity contribution in [2.75, 3.05) is 19.7 Å². The third-order valence-electron chi connectivity index (χ3n) is 4.82. The molecule has 2 N–H and O–H groups in total. The summed E-state index contributed by atoms with van der Waals surface area (Å²) in [4.78, 5) is 14.4. The second kappa shape index (κ2) is 6.99. The Morgan fingerprint density at radius 1 is 1.32 bits per heavy atom. The number of rotatable bonds is 3. The van der Waals surface area contributed by atoms with Crippen LogP contribution in [-0.4, -0.2) is 36.5 Å². The van der Waals surface area contributed by atoms with Gasteiger partial charge in [0, 0.05) is 24.0 Å². The van der Waals surface area contributed by atoms with Gasteiger partial charge in [-0.2, -0.15) is 0 Å². The van der Waals surface area contributed by atoms with Gasteiger partial charge >= 0.3 is 0 Å². The minimum atomic E-state index is -0.0628. The fourth-order valence-electron chi connectivity index (χ4n) is 3.43. The maximum absolute atomic E-state index is 12.5. The number of ether oxygens (including phenoxy) is 1. The molecule has 3 rings (SSSR count). The second-order valence-electron chi connectivity index (χ2n) is 6.31. The molecule has 22 heavy (non-hydrogen) atoms. The van der Waals surface area contributed by atoms with Gasteiger partial charge in [0.05, 0.1) is 13.2 Å². The Kier molecular flexibility index (Phi) is 5.01.